The van der Waals surface area contributed by atoms with E-state index in [-0.39, 0.29) is 64.6 Å². The van der Waals surface area contributed by atoms with Crippen molar-refractivity contribution in [2.24, 2.45) is 23.2 Å². The molecule has 1 aromatic rings. The zero-order chi connectivity index (χ0) is 27.4. The molecule has 4 rings (SSSR count). The van der Waals surface area contributed by atoms with E-state index >= 15 is 0 Å². The van der Waals surface area contributed by atoms with E-state index in [4.69, 9.17) is 14.2 Å². The van der Waals surface area contributed by atoms with Crippen molar-refractivity contribution < 1.29 is 28.6 Å². The number of fused-ring (bicyclic) bond motifs is 2. The fraction of sp³-hybridized carbons (Fsp3) is 0.655. The fourth-order valence-electron chi connectivity index (χ4n) is 6.54. The molecule has 3 fully saturated rings. The van der Waals surface area contributed by atoms with E-state index in [0.717, 1.165) is 25.7 Å². The van der Waals surface area contributed by atoms with Crippen LogP contribution in [0.5, 0.6) is 11.5 Å². The lowest BCUT2D eigenvalue weighted by Crippen LogP contribution is -2.50. The van der Waals surface area contributed by atoms with Gasteiger partial charge in [0.25, 0.3) is 5.91 Å². The van der Waals surface area contributed by atoms with Crippen molar-refractivity contribution in [1.29, 1.82) is 5.26 Å². The Morgan fingerprint density at radius 2 is 1.79 bits per heavy atom. The average Bonchev–Trinajstić information content (AvgIpc) is 3.54. The van der Waals surface area contributed by atoms with Crippen LogP contribution in [-0.2, 0) is 14.3 Å². The zero-order valence-corrected chi connectivity index (χ0v) is 22.8. The van der Waals surface area contributed by atoms with Gasteiger partial charge in [0.1, 0.15) is 17.6 Å². The smallest absolute Gasteiger partial charge is 0.311 e. The Hall–Kier alpha value is -3.28. The van der Waals surface area contributed by atoms with Gasteiger partial charge in [-0.15, -0.1) is 0 Å². The van der Waals surface area contributed by atoms with E-state index in [1.165, 1.54) is 20.3 Å². The number of esters is 1. The van der Waals surface area contributed by atoms with Crippen molar-refractivity contribution in [2.45, 2.75) is 77.4 Å². The van der Waals surface area contributed by atoms with Gasteiger partial charge in [0, 0.05) is 18.7 Å². The Balaban J connectivity index is 1.52. The van der Waals surface area contributed by atoms with Crippen LogP contribution in [0.2, 0.25) is 0 Å². The van der Waals surface area contributed by atoms with Gasteiger partial charge in [-0.3, -0.25) is 14.4 Å². The van der Waals surface area contributed by atoms with Crippen molar-refractivity contribution >= 4 is 17.8 Å². The molecule has 3 aliphatic rings. The summed E-state index contributed by atoms with van der Waals surface area (Å²) in [4.78, 5) is 38.7. The summed E-state index contributed by atoms with van der Waals surface area (Å²) < 4.78 is 16.7. The first-order valence-corrected chi connectivity index (χ1v) is 13.7. The van der Waals surface area contributed by atoms with Gasteiger partial charge in [0.05, 0.1) is 42.8 Å². The number of nitrogens with zero attached hydrogens (tertiary/aromatic N) is 1. The molecular weight excluding hydrogens is 486 g/mol. The van der Waals surface area contributed by atoms with Gasteiger partial charge >= 0.3 is 5.97 Å². The normalized spacial score (nSPS) is 29.7. The number of hydrogen-bond acceptors (Lipinski definition) is 7. The van der Waals surface area contributed by atoms with Crippen molar-refractivity contribution in [1.82, 2.24) is 10.6 Å². The fourth-order valence-corrected chi connectivity index (χ4v) is 6.54. The highest BCUT2D eigenvalue weighted by atomic mass is 16.5. The average molecular weight is 526 g/mol. The predicted molar refractivity (Wildman–Crippen MR) is 140 cm³/mol. The molecule has 2 amide bonds. The predicted octanol–water partition coefficient (Wildman–Crippen LogP) is 3.74. The molecule has 0 aliphatic heterocycles. The van der Waals surface area contributed by atoms with E-state index in [9.17, 15) is 19.6 Å². The highest BCUT2D eigenvalue weighted by Gasteiger charge is 2.51. The Bertz CT molecular complexity index is 1100. The second kappa shape index (κ2) is 11.6. The molecular formula is C29H39N3O6. The molecule has 0 heterocycles. The third-order valence-corrected chi connectivity index (χ3v) is 8.74. The van der Waals surface area contributed by atoms with Crippen molar-refractivity contribution in [2.75, 3.05) is 20.8 Å². The number of carbonyl (C=O) groups excluding carboxylic acids is 3. The van der Waals surface area contributed by atoms with Gasteiger partial charge in [0.15, 0.2) is 0 Å². The summed E-state index contributed by atoms with van der Waals surface area (Å²) in [6.07, 6.45) is 6.10. The molecule has 0 unspecified atom stereocenters. The number of nitriles is 1. The SMILES string of the molecule is CCCNC(=O)[C@H]1[C@@H]2CC[C@@H](C2)[C@H]1NC(=O)c1cc(OC2CCC(C)(C(=O)OC)CC2)c(C#N)cc1OC. The highest BCUT2D eigenvalue weighted by molar-refractivity contribution is 5.98. The summed E-state index contributed by atoms with van der Waals surface area (Å²) >= 11 is 0. The van der Waals surface area contributed by atoms with E-state index in [0.29, 0.717) is 38.0 Å². The number of nitrogens with one attached hydrogen (secondary N) is 2. The first-order valence-electron chi connectivity index (χ1n) is 13.7. The Morgan fingerprint density at radius 3 is 2.42 bits per heavy atom. The maximum atomic E-state index is 13.6. The summed E-state index contributed by atoms with van der Waals surface area (Å²) in [5.41, 5.74) is 0.00164. The summed E-state index contributed by atoms with van der Waals surface area (Å²) in [6, 6.07) is 5.00. The van der Waals surface area contributed by atoms with Gasteiger partial charge in [-0.1, -0.05) is 6.92 Å². The van der Waals surface area contributed by atoms with Crippen molar-refractivity contribution in [3.05, 3.63) is 23.3 Å². The molecule has 9 nitrogen and oxygen atoms in total. The maximum Gasteiger partial charge on any atom is 0.311 e. The number of hydrogen-bond donors (Lipinski definition) is 2. The van der Waals surface area contributed by atoms with Gasteiger partial charge in [-0.2, -0.15) is 5.26 Å². The van der Waals surface area contributed by atoms with Crippen LogP contribution in [0.25, 0.3) is 0 Å². The van der Waals surface area contributed by atoms with Crippen molar-refractivity contribution in [3.8, 4) is 17.6 Å². The minimum atomic E-state index is -0.543. The first-order chi connectivity index (χ1) is 18.2. The van der Waals surface area contributed by atoms with Crippen LogP contribution in [0.4, 0.5) is 0 Å². The number of rotatable bonds is 9. The first kappa shape index (κ1) is 27.7. The third-order valence-electron chi connectivity index (χ3n) is 8.74. The molecule has 0 spiro atoms. The molecule has 2 bridgehead atoms. The summed E-state index contributed by atoms with van der Waals surface area (Å²) in [5.74, 6) is 0.354. The standard InChI is InChI=1S/C29H39N3O6/c1-5-12-31-27(34)24-17-6-7-18(13-17)25(24)32-26(33)21-15-22(19(16-30)14-23(21)36-3)38-20-8-10-29(2,11-9-20)28(35)37-4/h14-15,17-18,20,24-25H,5-13H2,1-4H3,(H,31,34)(H,32,33)/t17-,18+,20?,24+,25-,29?/m1/s1. The van der Waals surface area contributed by atoms with Gasteiger partial charge in [0.2, 0.25) is 5.91 Å². The highest BCUT2D eigenvalue weighted by Crippen LogP contribution is 2.49. The molecule has 206 valence electrons. The van der Waals surface area contributed by atoms with Crippen LogP contribution in [0.15, 0.2) is 12.1 Å². The lowest BCUT2D eigenvalue weighted by Gasteiger charge is -2.35. The number of carbonyl (C=O) groups is 3. The second-order valence-corrected chi connectivity index (χ2v) is 11.2. The van der Waals surface area contributed by atoms with Gasteiger partial charge in [-0.05, 0) is 76.2 Å². The zero-order valence-electron chi connectivity index (χ0n) is 22.8. The van der Waals surface area contributed by atoms with Crippen LogP contribution in [0, 0.1) is 34.5 Å². The molecule has 2 N–H and O–H groups in total. The molecule has 3 saturated carbocycles. The summed E-state index contributed by atoms with van der Waals surface area (Å²) in [6.45, 7) is 4.54. The van der Waals surface area contributed by atoms with E-state index in [1.807, 2.05) is 13.8 Å². The molecule has 4 atom stereocenters. The van der Waals surface area contributed by atoms with E-state index in [1.54, 1.807) is 6.07 Å². The van der Waals surface area contributed by atoms with E-state index < -0.39 is 5.41 Å². The molecule has 38 heavy (non-hydrogen) atoms. The van der Waals surface area contributed by atoms with Crippen LogP contribution in [0.3, 0.4) is 0 Å². The molecule has 3 aliphatic carbocycles. The van der Waals surface area contributed by atoms with Crippen molar-refractivity contribution in [3.63, 3.8) is 0 Å². The van der Waals surface area contributed by atoms with Crippen LogP contribution >= 0.6 is 0 Å². The minimum absolute atomic E-state index is 0.0106. The minimum Gasteiger partial charge on any atom is -0.496 e. The maximum absolute atomic E-state index is 13.6. The topological polar surface area (TPSA) is 127 Å². The van der Waals surface area contributed by atoms with Gasteiger partial charge in [-0.25, -0.2) is 0 Å². The number of ether oxygens (including phenoxy) is 3. The molecule has 0 radical (unpaired) electrons. The number of amides is 2. The van der Waals surface area contributed by atoms with Crippen LogP contribution in [0.1, 0.15) is 81.1 Å². The summed E-state index contributed by atoms with van der Waals surface area (Å²) in [5, 5.41) is 15.9. The Labute approximate surface area is 224 Å². The molecule has 1 aromatic carbocycles. The molecule has 0 saturated heterocycles. The number of methoxy groups -OCH3 is 2. The molecule has 0 aromatic heterocycles. The Morgan fingerprint density at radius 1 is 1.08 bits per heavy atom. The van der Waals surface area contributed by atoms with Gasteiger partial charge < -0.3 is 24.8 Å². The molecule has 9 heteroatoms. The number of benzene rings is 1. The largest absolute Gasteiger partial charge is 0.496 e. The van der Waals surface area contributed by atoms with Crippen LogP contribution in [-0.4, -0.2) is 50.7 Å². The lowest BCUT2D eigenvalue weighted by atomic mass is 9.74. The van der Waals surface area contributed by atoms with E-state index in [2.05, 4.69) is 16.7 Å². The second-order valence-electron chi connectivity index (χ2n) is 11.2. The quantitative estimate of drug-likeness (QED) is 0.470. The summed E-state index contributed by atoms with van der Waals surface area (Å²) in [7, 11) is 2.86. The third kappa shape index (κ3) is 5.45. The lowest BCUT2D eigenvalue weighted by molar-refractivity contribution is -0.154. The van der Waals surface area contributed by atoms with Crippen LogP contribution < -0.4 is 20.1 Å². The monoisotopic (exact) mass is 525 g/mol. The Kier molecular flexibility index (Phi) is 8.49.